The van der Waals surface area contributed by atoms with Gasteiger partial charge in [0.1, 0.15) is 11.9 Å². The van der Waals surface area contributed by atoms with E-state index in [0.29, 0.717) is 11.4 Å². The van der Waals surface area contributed by atoms with Crippen molar-refractivity contribution >= 4 is 17.6 Å². The molecule has 0 saturated carbocycles. The third-order valence-electron chi connectivity index (χ3n) is 2.94. The number of hydrogen-bond acceptors (Lipinski definition) is 3. The zero-order valence-corrected chi connectivity index (χ0v) is 12.0. The van der Waals surface area contributed by atoms with E-state index in [-0.39, 0.29) is 11.8 Å². The van der Waals surface area contributed by atoms with Crippen molar-refractivity contribution in [2.24, 2.45) is 0 Å². The number of anilines is 1. The fourth-order valence-electron chi connectivity index (χ4n) is 1.77. The van der Waals surface area contributed by atoms with Crippen LogP contribution in [0.5, 0.6) is 0 Å². The molecule has 0 saturated heterocycles. The number of aryl methyl sites for hydroxylation is 1. The smallest absolute Gasteiger partial charge is 0.251 e. The number of pyridine rings is 1. The highest BCUT2D eigenvalue weighted by Crippen LogP contribution is 2.06. The fourth-order valence-corrected chi connectivity index (χ4v) is 1.77. The van der Waals surface area contributed by atoms with Crippen molar-refractivity contribution in [3.05, 3.63) is 59.8 Å². The summed E-state index contributed by atoms with van der Waals surface area (Å²) in [5.41, 5.74) is 1.52. The molecule has 5 heteroatoms. The summed E-state index contributed by atoms with van der Waals surface area (Å²) in [5.74, 6) is -0.117. The quantitative estimate of drug-likeness (QED) is 0.903. The topological polar surface area (TPSA) is 71.1 Å². The van der Waals surface area contributed by atoms with Gasteiger partial charge in [-0.15, -0.1) is 0 Å². The second-order valence-corrected chi connectivity index (χ2v) is 4.77. The SMILES string of the molecule is Cc1ccnc(NC(=O)[C@H](C)NC(=O)c2ccccc2)c1. The highest BCUT2D eigenvalue weighted by molar-refractivity contribution is 6.00. The minimum absolute atomic E-state index is 0.282. The van der Waals surface area contributed by atoms with Crippen LogP contribution in [0.2, 0.25) is 0 Å². The lowest BCUT2D eigenvalue weighted by molar-refractivity contribution is -0.117. The number of nitrogens with zero attached hydrogens (tertiary/aromatic N) is 1. The number of hydrogen-bond donors (Lipinski definition) is 2. The van der Waals surface area contributed by atoms with Crippen LogP contribution in [0.1, 0.15) is 22.8 Å². The minimum Gasteiger partial charge on any atom is -0.341 e. The molecule has 2 amide bonds. The van der Waals surface area contributed by atoms with E-state index < -0.39 is 6.04 Å². The fraction of sp³-hybridized carbons (Fsp3) is 0.188. The molecule has 1 aromatic heterocycles. The van der Waals surface area contributed by atoms with Crippen molar-refractivity contribution in [2.45, 2.75) is 19.9 Å². The van der Waals surface area contributed by atoms with Gasteiger partial charge in [0.25, 0.3) is 5.91 Å². The van der Waals surface area contributed by atoms with E-state index in [1.165, 1.54) is 0 Å². The summed E-state index contributed by atoms with van der Waals surface area (Å²) in [6.45, 7) is 3.55. The first-order valence-electron chi connectivity index (χ1n) is 6.65. The van der Waals surface area contributed by atoms with E-state index in [1.54, 1.807) is 43.5 Å². The van der Waals surface area contributed by atoms with E-state index in [4.69, 9.17) is 0 Å². The number of benzene rings is 1. The standard InChI is InChI=1S/C16H17N3O2/c1-11-8-9-17-14(10-11)19-15(20)12(2)18-16(21)13-6-4-3-5-7-13/h3-10,12H,1-2H3,(H,18,21)(H,17,19,20)/t12-/m0/s1. The van der Waals surface area contributed by atoms with E-state index in [9.17, 15) is 9.59 Å². The molecule has 0 aliphatic heterocycles. The number of amides is 2. The molecule has 1 heterocycles. The first-order chi connectivity index (χ1) is 10.1. The second-order valence-electron chi connectivity index (χ2n) is 4.77. The molecular weight excluding hydrogens is 266 g/mol. The molecule has 21 heavy (non-hydrogen) atoms. The molecule has 0 fully saturated rings. The molecule has 0 spiro atoms. The maximum atomic E-state index is 12.0. The summed E-state index contributed by atoms with van der Waals surface area (Å²) in [5, 5.41) is 5.33. The van der Waals surface area contributed by atoms with Crippen LogP contribution in [0.3, 0.4) is 0 Å². The van der Waals surface area contributed by atoms with E-state index in [1.807, 2.05) is 19.1 Å². The van der Waals surface area contributed by atoms with Crippen LogP contribution in [0, 0.1) is 6.92 Å². The second kappa shape index (κ2) is 6.65. The summed E-state index contributed by atoms with van der Waals surface area (Å²) in [7, 11) is 0. The highest BCUT2D eigenvalue weighted by Gasteiger charge is 2.16. The van der Waals surface area contributed by atoms with Gasteiger partial charge in [0.05, 0.1) is 0 Å². The Balaban J connectivity index is 1.95. The number of rotatable bonds is 4. The number of aromatic nitrogens is 1. The van der Waals surface area contributed by atoms with E-state index in [2.05, 4.69) is 15.6 Å². The predicted molar refractivity (Wildman–Crippen MR) is 81.0 cm³/mol. The minimum atomic E-state index is -0.653. The largest absolute Gasteiger partial charge is 0.341 e. The average molecular weight is 283 g/mol. The van der Waals surface area contributed by atoms with Crippen molar-refractivity contribution < 1.29 is 9.59 Å². The summed E-state index contributed by atoms with van der Waals surface area (Å²) in [6, 6.07) is 11.7. The Morgan fingerprint density at radius 2 is 1.86 bits per heavy atom. The summed E-state index contributed by atoms with van der Waals surface area (Å²) >= 11 is 0. The van der Waals surface area contributed by atoms with Gasteiger partial charge >= 0.3 is 0 Å². The normalized spacial score (nSPS) is 11.5. The lowest BCUT2D eigenvalue weighted by atomic mass is 10.2. The van der Waals surface area contributed by atoms with Crippen molar-refractivity contribution in [3.63, 3.8) is 0 Å². The van der Waals surface area contributed by atoms with Gasteiger partial charge in [-0.05, 0) is 43.7 Å². The number of nitrogens with one attached hydrogen (secondary N) is 2. The molecule has 0 radical (unpaired) electrons. The van der Waals surface area contributed by atoms with Gasteiger partial charge in [-0.2, -0.15) is 0 Å². The molecule has 108 valence electrons. The molecule has 2 N–H and O–H groups in total. The number of carbonyl (C=O) groups excluding carboxylic acids is 2. The monoisotopic (exact) mass is 283 g/mol. The molecule has 0 unspecified atom stereocenters. The van der Waals surface area contributed by atoms with Gasteiger partial charge in [0.15, 0.2) is 0 Å². The van der Waals surface area contributed by atoms with Crippen molar-refractivity contribution in [2.75, 3.05) is 5.32 Å². The summed E-state index contributed by atoms with van der Waals surface area (Å²) < 4.78 is 0. The first-order valence-corrected chi connectivity index (χ1v) is 6.65. The van der Waals surface area contributed by atoms with Gasteiger partial charge in [-0.1, -0.05) is 18.2 Å². The molecule has 0 aliphatic carbocycles. The zero-order chi connectivity index (χ0) is 15.2. The van der Waals surface area contributed by atoms with E-state index >= 15 is 0 Å². The molecule has 2 rings (SSSR count). The van der Waals surface area contributed by atoms with Crippen LogP contribution < -0.4 is 10.6 Å². The van der Waals surface area contributed by atoms with Gasteiger partial charge < -0.3 is 10.6 Å². The number of carbonyl (C=O) groups is 2. The van der Waals surface area contributed by atoms with Crippen molar-refractivity contribution in [1.29, 1.82) is 0 Å². The Hall–Kier alpha value is -2.69. The highest BCUT2D eigenvalue weighted by atomic mass is 16.2. The van der Waals surface area contributed by atoms with Gasteiger partial charge in [0.2, 0.25) is 5.91 Å². The van der Waals surface area contributed by atoms with Crippen molar-refractivity contribution in [1.82, 2.24) is 10.3 Å². The Kier molecular flexibility index (Phi) is 4.66. The molecule has 0 bridgehead atoms. The Labute approximate surface area is 123 Å². The molecule has 1 aromatic carbocycles. The van der Waals surface area contributed by atoms with Gasteiger partial charge in [-0.3, -0.25) is 9.59 Å². The van der Waals surface area contributed by atoms with Crippen LogP contribution in [0.4, 0.5) is 5.82 Å². The zero-order valence-electron chi connectivity index (χ0n) is 12.0. The maximum absolute atomic E-state index is 12.0. The summed E-state index contributed by atoms with van der Waals surface area (Å²) in [4.78, 5) is 28.0. The Morgan fingerprint density at radius 3 is 2.52 bits per heavy atom. The lowest BCUT2D eigenvalue weighted by Gasteiger charge is -2.14. The predicted octanol–water partition coefficient (Wildman–Crippen LogP) is 2.15. The lowest BCUT2D eigenvalue weighted by Crippen LogP contribution is -2.41. The van der Waals surface area contributed by atoms with Gasteiger partial charge in [-0.25, -0.2) is 4.98 Å². The Morgan fingerprint density at radius 1 is 1.14 bits per heavy atom. The third-order valence-corrected chi connectivity index (χ3v) is 2.94. The van der Waals surface area contributed by atoms with Crippen LogP contribution >= 0.6 is 0 Å². The molecule has 0 aliphatic rings. The molecule has 5 nitrogen and oxygen atoms in total. The van der Waals surface area contributed by atoms with Crippen LogP contribution in [0.15, 0.2) is 48.7 Å². The summed E-state index contributed by atoms with van der Waals surface area (Å²) in [6.07, 6.45) is 1.62. The van der Waals surface area contributed by atoms with Crippen LogP contribution in [0.25, 0.3) is 0 Å². The van der Waals surface area contributed by atoms with Crippen LogP contribution in [-0.2, 0) is 4.79 Å². The third kappa shape index (κ3) is 4.14. The first kappa shape index (κ1) is 14.7. The van der Waals surface area contributed by atoms with E-state index in [0.717, 1.165) is 5.56 Å². The maximum Gasteiger partial charge on any atom is 0.251 e. The van der Waals surface area contributed by atoms with Gasteiger partial charge in [0, 0.05) is 11.8 Å². The molecular formula is C16H17N3O2. The van der Waals surface area contributed by atoms with Crippen molar-refractivity contribution in [3.8, 4) is 0 Å². The average Bonchev–Trinajstić information content (AvgIpc) is 2.48. The molecule has 2 aromatic rings. The van der Waals surface area contributed by atoms with Crippen LogP contribution in [-0.4, -0.2) is 22.8 Å². The Bertz CT molecular complexity index is 641. The molecule has 1 atom stereocenters.